The lowest BCUT2D eigenvalue weighted by atomic mass is 10.1. The van der Waals surface area contributed by atoms with Crippen molar-refractivity contribution in [1.29, 1.82) is 0 Å². The van der Waals surface area contributed by atoms with Crippen LogP contribution in [0.25, 0.3) is 28.7 Å². The van der Waals surface area contributed by atoms with Gasteiger partial charge in [-0.05, 0) is 61.4 Å². The Hall–Kier alpha value is -3.53. The number of fused-ring (bicyclic) bond motifs is 1. The minimum absolute atomic E-state index is 0.0726. The van der Waals surface area contributed by atoms with Crippen LogP contribution in [0.15, 0.2) is 71.7 Å². The number of hydrogen-bond acceptors (Lipinski definition) is 3. The molecular weight excluding hydrogens is 334 g/mol. The highest BCUT2D eigenvalue weighted by Crippen LogP contribution is 2.18. The van der Waals surface area contributed by atoms with E-state index in [-0.39, 0.29) is 5.56 Å². The Balaban J connectivity index is 1.95. The SMILES string of the molecule is Cc1ccc(/C=C\c2nc3ccccc3c(=O)n2-c2ccccc2C)cn1. The lowest BCUT2D eigenvalue weighted by Crippen LogP contribution is -2.23. The average molecular weight is 353 g/mol. The van der Waals surface area contributed by atoms with Crippen LogP contribution in [0.4, 0.5) is 0 Å². The van der Waals surface area contributed by atoms with Gasteiger partial charge in [0, 0.05) is 11.9 Å². The lowest BCUT2D eigenvalue weighted by molar-refractivity contribution is 0.934. The van der Waals surface area contributed by atoms with Crippen molar-refractivity contribution in [3.63, 3.8) is 0 Å². The topological polar surface area (TPSA) is 47.8 Å². The molecule has 132 valence electrons. The van der Waals surface area contributed by atoms with E-state index in [1.807, 2.05) is 92.9 Å². The van der Waals surface area contributed by atoms with Crippen molar-refractivity contribution in [2.24, 2.45) is 0 Å². The molecule has 0 saturated heterocycles. The van der Waals surface area contributed by atoms with Crippen molar-refractivity contribution in [3.8, 4) is 5.69 Å². The summed E-state index contributed by atoms with van der Waals surface area (Å²) in [6.45, 7) is 3.95. The van der Waals surface area contributed by atoms with E-state index in [1.165, 1.54) is 0 Å². The first kappa shape index (κ1) is 16.9. The molecule has 2 aromatic heterocycles. The number of aryl methyl sites for hydroxylation is 2. The first-order valence-corrected chi connectivity index (χ1v) is 8.82. The van der Waals surface area contributed by atoms with E-state index in [9.17, 15) is 4.79 Å². The first-order valence-electron chi connectivity index (χ1n) is 8.82. The molecule has 0 aliphatic heterocycles. The second-order valence-corrected chi connectivity index (χ2v) is 6.48. The quantitative estimate of drug-likeness (QED) is 0.542. The van der Waals surface area contributed by atoms with Crippen LogP contribution in [0.2, 0.25) is 0 Å². The largest absolute Gasteiger partial charge is 0.268 e. The fourth-order valence-corrected chi connectivity index (χ4v) is 3.06. The molecule has 4 heteroatoms. The predicted octanol–water partition coefficient (Wildman–Crippen LogP) is 4.57. The highest BCUT2D eigenvalue weighted by Gasteiger charge is 2.12. The Morgan fingerprint density at radius 1 is 0.889 bits per heavy atom. The van der Waals surface area contributed by atoms with Gasteiger partial charge >= 0.3 is 0 Å². The van der Waals surface area contributed by atoms with Crippen molar-refractivity contribution in [2.75, 3.05) is 0 Å². The fraction of sp³-hybridized carbons (Fsp3) is 0.0870. The zero-order chi connectivity index (χ0) is 18.8. The van der Waals surface area contributed by atoms with Crippen LogP contribution in [0.3, 0.4) is 0 Å². The van der Waals surface area contributed by atoms with Gasteiger partial charge in [-0.15, -0.1) is 0 Å². The van der Waals surface area contributed by atoms with Crippen LogP contribution in [0.1, 0.15) is 22.6 Å². The first-order chi connectivity index (χ1) is 13.1. The van der Waals surface area contributed by atoms with Gasteiger partial charge in [0.15, 0.2) is 0 Å². The molecule has 2 aromatic carbocycles. The van der Waals surface area contributed by atoms with Crippen LogP contribution in [0, 0.1) is 13.8 Å². The number of pyridine rings is 1. The minimum Gasteiger partial charge on any atom is -0.268 e. The van der Waals surface area contributed by atoms with Gasteiger partial charge in [0.1, 0.15) is 5.82 Å². The lowest BCUT2D eigenvalue weighted by Gasteiger charge is -2.13. The van der Waals surface area contributed by atoms with Crippen LogP contribution >= 0.6 is 0 Å². The van der Waals surface area contributed by atoms with E-state index in [1.54, 1.807) is 4.57 Å². The molecule has 0 unspecified atom stereocenters. The zero-order valence-electron chi connectivity index (χ0n) is 15.3. The summed E-state index contributed by atoms with van der Waals surface area (Å²) >= 11 is 0. The molecular formula is C23H19N3O. The third kappa shape index (κ3) is 3.29. The summed E-state index contributed by atoms with van der Waals surface area (Å²) in [5.74, 6) is 0.591. The predicted molar refractivity (Wildman–Crippen MR) is 110 cm³/mol. The summed E-state index contributed by atoms with van der Waals surface area (Å²) in [6, 6.07) is 19.2. The second-order valence-electron chi connectivity index (χ2n) is 6.48. The van der Waals surface area contributed by atoms with Crippen molar-refractivity contribution >= 4 is 23.1 Å². The van der Waals surface area contributed by atoms with Crippen molar-refractivity contribution in [2.45, 2.75) is 13.8 Å². The minimum atomic E-state index is -0.0726. The molecule has 0 radical (unpaired) electrons. The average Bonchev–Trinajstić information content (AvgIpc) is 2.69. The van der Waals surface area contributed by atoms with Crippen molar-refractivity contribution < 1.29 is 0 Å². The summed E-state index contributed by atoms with van der Waals surface area (Å²) in [5.41, 5.74) is 4.39. The number of rotatable bonds is 3. The van der Waals surface area contributed by atoms with Gasteiger partial charge in [0.05, 0.1) is 16.6 Å². The highest BCUT2D eigenvalue weighted by molar-refractivity contribution is 5.80. The third-order valence-electron chi connectivity index (χ3n) is 4.52. The highest BCUT2D eigenvalue weighted by atomic mass is 16.1. The van der Waals surface area contributed by atoms with E-state index < -0.39 is 0 Å². The number of benzene rings is 2. The Morgan fingerprint density at radius 2 is 1.67 bits per heavy atom. The van der Waals surface area contributed by atoms with Gasteiger partial charge in [0.25, 0.3) is 5.56 Å². The summed E-state index contributed by atoms with van der Waals surface area (Å²) in [7, 11) is 0. The summed E-state index contributed by atoms with van der Waals surface area (Å²) < 4.78 is 1.68. The molecule has 0 aliphatic rings. The summed E-state index contributed by atoms with van der Waals surface area (Å²) in [4.78, 5) is 22.3. The Bertz CT molecular complexity index is 1200. The van der Waals surface area contributed by atoms with Gasteiger partial charge in [0.2, 0.25) is 0 Å². The van der Waals surface area contributed by atoms with Gasteiger partial charge in [-0.1, -0.05) is 36.4 Å². The van der Waals surface area contributed by atoms with Crippen molar-refractivity contribution in [1.82, 2.24) is 14.5 Å². The van der Waals surface area contributed by atoms with Crippen molar-refractivity contribution in [3.05, 3.63) is 99.9 Å². The molecule has 0 aliphatic carbocycles. The Labute approximate surface area is 157 Å². The van der Waals surface area contributed by atoms with Gasteiger partial charge in [-0.2, -0.15) is 0 Å². The maximum Gasteiger partial charge on any atom is 0.266 e. The van der Waals surface area contributed by atoms with Crippen LogP contribution in [-0.2, 0) is 0 Å². The van der Waals surface area contributed by atoms with Gasteiger partial charge < -0.3 is 0 Å². The van der Waals surface area contributed by atoms with Crippen LogP contribution < -0.4 is 5.56 Å². The normalized spacial score (nSPS) is 11.3. The maximum atomic E-state index is 13.2. The fourth-order valence-electron chi connectivity index (χ4n) is 3.06. The van der Waals surface area contributed by atoms with E-state index in [0.29, 0.717) is 16.7 Å². The molecule has 4 rings (SSSR count). The van der Waals surface area contributed by atoms with E-state index >= 15 is 0 Å². The maximum absolute atomic E-state index is 13.2. The molecule has 4 aromatic rings. The summed E-state index contributed by atoms with van der Waals surface area (Å²) in [5, 5.41) is 0.606. The van der Waals surface area contributed by atoms with E-state index in [0.717, 1.165) is 22.5 Å². The Morgan fingerprint density at radius 3 is 2.44 bits per heavy atom. The summed E-state index contributed by atoms with van der Waals surface area (Å²) in [6.07, 6.45) is 5.60. The van der Waals surface area contributed by atoms with Gasteiger partial charge in [-0.25, -0.2) is 4.98 Å². The molecule has 0 fully saturated rings. The van der Waals surface area contributed by atoms with E-state index in [4.69, 9.17) is 4.98 Å². The number of hydrogen-bond donors (Lipinski definition) is 0. The smallest absolute Gasteiger partial charge is 0.266 e. The van der Waals surface area contributed by atoms with E-state index in [2.05, 4.69) is 4.98 Å². The van der Waals surface area contributed by atoms with Crippen LogP contribution in [-0.4, -0.2) is 14.5 Å². The van der Waals surface area contributed by atoms with Crippen LogP contribution in [0.5, 0.6) is 0 Å². The number of para-hydroxylation sites is 2. The number of aromatic nitrogens is 3. The second kappa shape index (κ2) is 7.00. The molecule has 4 nitrogen and oxygen atoms in total. The number of nitrogens with zero attached hydrogens (tertiary/aromatic N) is 3. The molecule has 2 heterocycles. The monoisotopic (exact) mass is 353 g/mol. The standard InChI is InChI=1S/C23H19N3O/c1-16-7-3-6-10-21(16)26-22(14-13-18-12-11-17(2)24-15-18)25-20-9-5-4-8-19(20)23(26)27/h3-15H,1-2H3/b14-13-. The molecule has 0 saturated carbocycles. The molecule has 27 heavy (non-hydrogen) atoms. The third-order valence-corrected chi connectivity index (χ3v) is 4.52. The molecule has 0 amide bonds. The molecule has 0 N–H and O–H groups in total. The molecule has 0 bridgehead atoms. The molecule has 0 atom stereocenters. The molecule has 0 spiro atoms. The Kier molecular flexibility index (Phi) is 4.38. The van der Waals surface area contributed by atoms with Gasteiger partial charge in [-0.3, -0.25) is 14.3 Å². The zero-order valence-corrected chi connectivity index (χ0v) is 15.3.